The van der Waals surface area contributed by atoms with Gasteiger partial charge in [0.15, 0.2) is 0 Å². The van der Waals surface area contributed by atoms with Gasteiger partial charge in [-0.25, -0.2) is 0 Å². The fourth-order valence-corrected chi connectivity index (χ4v) is 3.36. The summed E-state index contributed by atoms with van der Waals surface area (Å²) in [7, 11) is 1.53. The predicted octanol–water partition coefficient (Wildman–Crippen LogP) is 3.38. The SMILES string of the molecule is COc1cccc(NC(=O)CN2CCN(c3ccc(C(F)(F)F)cc3[N+](=O)[O-])CC2)c1. The molecule has 1 aliphatic rings. The number of benzene rings is 2. The van der Waals surface area contributed by atoms with Gasteiger partial charge in [-0.15, -0.1) is 0 Å². The number of carbonyl (C=O) groups excluding carboxylic acids is 1. The van der Waals surface area contributed by atoms with Crippen molar-refractivity contribution in [1.29, 1.82) is 0 Å². The number of alkyl halides is 3. The summed E-state index contributed by atoms with van der Waals surface area (Å²) in [4.78, 5) is 26.3. The van der Waals surface area contributed by atoms with Crippen LogP contribution in [-0.2, 0) is 11.0 Å². The van der Waals surface area contributed by atoms with Crippen molar-refractivity contribution in [3.05, 3.63) is 58.1 Å². The van der Waals surface area contributed by atoms with Crippen LogP contribution in [0.25, 0.3) is 0 Å². The Balaban J connectivity index is 1.60. The number of ether oxygens (including phenoxy) is 1. The van der Waals surface area contributed by atoms with Gasteiger partial charge in [0.1, 0.15) is 11.4 Å². The van der Waals surface area contributed by atoms with Crippen LogP contribution in [-0.4, -0.2) is 55.6 Å². The molecule has 0 bridgehead atoms. The highest BCUT2D eigenvalue weighted by Gasteiger charge is 2.34. The molecule has 1 aliphatic heterocycles. The third-order valence-corrected chi connectivity index (χ3v) is 4.93. The molecule has 11 heteroatoms. The minimum Gasteiger partial charge on any atom is -0.497 e. The Hall–Kier alpha value is -3.34. The molecule has 31 heavy (non-hydrogen) atoms. The van der Waals surface area contributed by atoms with Gasteiger partial charge in [0.2, 0.25) is 5.91 Å². The molecule has 166 valence electrons. The Bertz CT molecular complexity index is 960. The second-order valence-electron chi connectivity index (χ2n) is 7.00. The molecule has 1 fully saturated rings. The first kappa shape index (κ1) is 22.3. The highest BCUT2D eigenvalue weighted by Crippen LogP contribution is 2.36. The van der Waals surface area contributed by atoms with E-state index in [4.69, 9.17) is 4.74 Å². The molecule has 0 atom stereocenters. The molecule has 0 saturated carbocycles. The molecule has 8 nitrogen and oxygen atoms in total. The smallest absolute Gasteiger partial charge is 0.416 e. The van der Waals surface area contributed by atoms with Crippen LogP contribution < -0.4 is 15.0 Å². The first-order valence-electron chi connectivity index (χ1n) is 9.44. The second-order valence-corrected chi connectivity index (χ2v) is 7.00. The standard InChI is InChI=1S/C20H21F3N4O4/c1-31-16-4-2-3-15(12-16)24-19(28)13-25-7-9-26(10-8-25)17-6-5-14(20(21,22)23)11-18(17)27(29)30/h2-6,11-12H,7-10,13H2,1H3,(H,24,28). The Morgan fingerprint density at radius 1 is 1.16 bits per heavy atom. The lowest BCUT2D eigenvalue weighted by Gasteiger charge is -2.35. The minimum absolute atomic E-state index is 0.125. The number of nitrogens with one attached hydrogen (secondary N) is 1. The molecule has 2 aromatic carbocycles. The number of nitrogens with zero attached hydrogens (tertiary/aromatic N) is 3. The van der Waals surface area contributed by atoms with E-state index in [1.165, 1.54) is 7.11 Å². The third-order valence-electron chi connectivity index (χ3n) is 4.93. The van der Waals surface area contributed by atoms with Gasteiger partial charge >= 0.3 is 6.18 Å². The van der Waals surface area contributed by atoms with Gasteiger partial charge in [-0.1, -0.05) is 6.07 Å². The van der Waals surface area contributed by atoms with Crippen LogP contribution in [0.3, 0.4) is 0 Å². The average Bonchev–Trinajstić information content (AvgIpc) is 2.73. The Morgan fingerprint density at radius 3 is 2.48 bits per heavy atom. The maximum absolute atomic E-state index is 12.9. The van der Waals surface area contributed by atoms with Crippen molar-refractivity contribution in [2.24, 2.45) is 0 Å². The van der Waals surface area contributed by atoms with Gasteiger partial charge in [0.25, 0.3) is 5.69 Å². The maximum Gasteiger partial charge on any atom is 0.416 e. The van der Waals surface area contributed by atoms with E-state index in [1.807, 2.05) is 4.90 Å². The summed E-state index contributed by atoms with van der Waals surface area (Å²) >= 11 is 0. The maximum atomic E-state index is 12.9. The molecule has 0 unspecified atom stereocenters. The van der Waals surface area contributed by atoms with Crippen LogP contribution in [0.4, 0.5) is 30.2 Å². The lowest BCUT2D eigenvalue weighted by atomic mass is 10.1. The number of anilines is 2. The minimum atomic E-state index is -4.65. The first-order valence-corrected chi connectivity index (χ1v) is 9.44. The van der Waals surface area contributed by atoms with E-state index in [0.29, 0.717) is 43.7 Å². The Morgan fingerprint density at radius 2 is 1.87 bits per heavy atom. The number of rotatable bonds is 6. The number of nitro groups is 1. The predicted molar refractivity (Wildman–Crippen MR) is 108 cm³/mol. The number of methoxy groups -OCH3 is 1. The molecule has 1 heterocycles. The van der Waals surface area contributed by atoms with Crippen LogP contribution >= 0.6 is 0 Å². The zero-order valence-corrected chi connectivity index (χ0v) is 16.7. The average molecular weight is 438 g/mol. The summed E-state index contributed by atoms with van der Waals surface area (Å²) in [6.45, 7) is 1.69. The number of nitro benzene ring substituents is 1. The molecule has 0 aromatic heterocycles. The molecular weight excluding hydrogens is 417 g/mol. The summed E-state index contributed by atoms with van der Waals surface area (Å²) in [5, 5.41) is 14.1. The lowest BCUT2D eigenvalue weighted by Crippen LogP contribution is -2.48. The molecule has 0 spiro atoms. The number of piperazine rings is 1. The molecule has 0 radical (unpaired) electrons. The van der Waals surface area contributed by atoms with Crippen molar-refractivity contribution in [2.45, 2.75) is 6.18 Å². The summed E-state index contributed by atoms with van der Waals surface area (Å²) in [5.74, 6) is 0.395. The Kier molecular flexibility index (Phi) is 6.64. The van der Waals surface area contributed by atoms with Crippen LogP contribution in [0.5, 0.6) is 5.75 Å². The van der Waals surface area contributed by atoms with Gasteiger partial charge < -0.3 is 15.0 Å². The van der Waals surface area contributed by atoms with Crippen molar-refractivity contribution in [3.8, 4) is 5.75 Å². The number of amides is 1. The van der Waals surface area contributed by atoms with E-state index in [-0.39, 0.29) is 18.1 Å². The van der Waals surface area contributed by atoms with Crippen molar-refractivity contribution in [3.63, 3.8) is 0 Å². The second kappa shape index (κ2) is 9.21. The summed E-state index contributed by atoms with van der Waals surface area (Å²) < 4.78 is 43.8. The number of hydrogen-bond acceptors (Lipinski definition) is 6. The fourth-order valence-electron chi connectivity index (χ4n) is 3.36. The van der Waals surface area contributed by atoms with Crippen LogP contribution in [0.15, 0.2) is 42.5 Å². The van der Waals surface area contributed by atoms with Crippen molar-refractivity contribution in [2.75, 3.05) is 50.1 Å². The van der Waals surface area contributed by atoms with E-state index in [0.717, 1.165) is 12.1 Å². The number of halogens is 3. The van der Waals surface area contributed by atoms with Crippen LogP contribution in [0.1, 0.15) is 5.56 Å². The summed E-state index contributed by atoms with van der Waals surface area (Å²) in [6, 6.07) is 9.48. The van der Waals surface area contributed by atoms with E-state index in [1.54, 1.807) is 29.2 Å². The molecule has 2 aromatic rings. The highest BCUT2D eigenvalue weighted by atomic mass is 19.4. The topological polar surface area (TPSA) is 88.0 Å². The summed E-state index contributed by atoms with van der Waals surface area (Å²) in [6.07, 6.45) is -4.65. The van der Waals surface area contributed by atoms with Gasteiger partial charge in [-0.2, -0.15) is 13.2 Å². The monoisotopic (exact) mass is 438 g/mol. The first-order chi connectivity index (χ1) is 14.7. The molecule has 0 aliphatic carbocycles. The molecule has 1 amide bonds. The fraction of sp³-hybridized carbons (Fsp3) is 0.350. The Labute approximate surface area is 176 Å². The van der Waals surface area contributed by atoms with Gasteiger partial charge in [-0.3, -0.25) is 19.8 Å². The normalized spacial score (nSPS) is 14.9. The lowest BCUT2D eigenvalue weighted by molar-refractivity contribution is -0.384. The van der Waals surface area contributed by atoms with Gasteiger partial charge in [0, 0.05) is 44.0 Å². The third kappa shape index (κ3) is 5.63. The zero-order valence-electron chi connectivity index (χ0n) is 16.7. The van der Waals surface area contributed by atoms with Gasteiger partial charge in [0.05, 0.1) is 24.1 Å². The molecule has 1 N–H and O–H groups in total. The zero-order chi connectivity index (χ0) is 22.6. The van der Waals surface area contributed by atoms with Crippen molar-refractivity contribution >= 4 is 23.0 Å². The van der Waals surface area contributed by atoms with E-state index in [2.05, 4.69) is 5.32 Å². The van der Waals surface area contributed by atoms with E-state index < -0.39 is 22.4 Å². The number of hydrogen-bond donors (Lipinski definition) is 1. The number of carbonyl (C=O) groups is 1. The molecule has 1 saturated heterocycles. The molecular formula is C20H21F3N4O4. The van der Waals surface area contributed by atoms with Crippen LogP contribution in [0, 0.1) is 10.1 Å². The van der Waals surface area contributed by atoms with E-state index in [9.17, 15) is 28.1 Å². The van der Waals surface area contributed by atoms with Crippen LogP contribution in [0.2, 0.25) is 0 Å². The van der Waals surface area contributed by atoms with Crippen molar-refractivity contribution in [1.82, 2.24) is 4.90 Å². The largest absolute Gasteiger partial charge is 0.497 e. The molecule has 3 rings (SSSR count). The quantitative estimate of drug-likeness (QED) is 0.550. The highest BCUT2D eigenvalue weighted by molar-refractivity contribution is 5.92. The van der Waals surface area contributed by atoms with E-state index >= 15 is 0 Å². The van der Waals surface area contributed by atoms with Crippen molar-refractivity contribution < 1.29 is 27.6 Å². The van der Waals surface area contributed by atoms with Gasteiger partial charge in [-0.05, 0) is 24.3 Å². The summed E-state index contributed by atoms with van der Waals surface area (Å²) in [5.41, 5.74) is -0.906.